The lowest BCUT2D eigenvalue weighted by atomic mass is 9.94. The Morgan fingerprint density at radius 2 is 1.54 bits per heavy atom. The first kappa shape index (κ1) is 27.1. The zero-order valence-corrected chi connectivity index (χ0v) is 21.7. The zero-order valence-electron chi connectivity index (χ0n) is 20.1. The molecular weight excluding hydrogens is 510 g/mol. The molecule has 0 amide bonds. The molecular formula is C27H27N3O5S2. The first-order chi connectivity index (χ1) is 18.1. The van der Waals surface area contributed by atoms with Crippen LogP contribution in [0.1, 0.15) is 10.4 Å². The average molecular weight is 538 g/mol. The highest BCUT2D eigenvalue weighted by atomic mass is 32.2. The van der Waals surface area contributed by atoms with Gasteiger partial charge in [-0.3, -0.25) is 0 Å². The van der Waals surface area contributed by atoms with Crippen molar-refractivity contribution < 1.29 is 24.1 Å². The molecule has 1 aliphatic rings. The maximum Gasteiger partial charge on any atom is 0.338 e. The number of esters is 1. The molecule has 1 saturated heterocycles. The van der Waals surface area contributed by atoms with E-state index in [0.717, 1.165) is 9.79 Å². The van der Waals surface area contributed by atoms with Crippen LogP contribution in [0.15, 0.2) is 106 Å². The Balaban J connectivity index is 1.72. The smallest absolute Gasteiger partial charge is 0.338 e. The van der Waals surface area contributed by atoms with Crippen LogP contribution in [0, 0.1) is 0 Å². The van der Waals surface area contributed by atoms with Gasteiger partial charge in [-0.15, -0.1) is 23.5 Å². The molecule has 0 unspecified atom stereocenters. The van der Waals surface area contributed by atoms with Crippen molar-refractivity contribution >= 4 is 29.5 Å². The highest BCUT2D eigenvalue weighted by molar-refractivity contribution is 8.17. The fraction of sp³-hybridized carbons (Fsp3) is 0.296. The largest absolute Gasteiger partial charge is 0.454 e. The Morgan fingerprint density at radius 1 is 1.00 bits per heavy atom. The maximum atomic E-state index is 13.3. The molecule has 0 saturated carbocycles. The number of aliphatic hydroxyl groups excluding tert-OH is 1. The third kappa shape index (κ3) is 7.07. The van der Waals surface area contributed by atoms with E-state index in [9.17, 15) is 9.90 Å². The van der Waals surface area contributed by atoms with Crippen molar-refractivity contribution in [2.45, 2.75) is 44.8 Å². The number of hydrogen-bond donors (Lipinski definition) is 1. The second-order valence-corrected chi connectivity index (χ2v) is 11.0. The number of azide groups is 1. The van der Waals surface area contributed by atoms with Gasteiger partial charge in [0.15, 0.2) is 6.10 Å². The van der Waals surface area contributed by atoms with Gasteiger partial charge in [-0.1, -0.05) is 59.7 Å². The summed E-state index contributed by atoms with van der Waals surface area (Å²) in [6.07, 6.45) is -3.77. The molecule has 1 aliphatic heterocycles. The molecule has 1 N–H and O–H groups in total. The average Bonchev–Trinajstić information content (AvgIpc) is 2.94. The van der Waals surface area contributed by atoms with Gasteiger partial charge in [0.2, 0.25) is 0 Å². The summed E-state index contributed by atoms with van der Waals surface area (Å²) in [6, 6.07) is 27.3. The third-order valence-electron chi connectivity index (χ3n) is 5.84. The highest BCUT2D eigenvalue weighted by Crippen LogP contribution is 2.41. The topological polar surface area (TPSA) is 114 Å². The van der Waals surface area contributed by atoms with E-state index in [1.807, 2.05) is 66.7 Å². The van der Waals surface area contributed by atoms with Gasteiger partial charge in [-0.05, 0) is 41.9 Å². The Hall–Kier alpha value is -2.98. The van der Waals surface area contributed by atoms with Crippen molar-refractivity contribution in [2.24, 2.45) is 5.11 Å². The first-order valence-electron chi connectivity index (χ1n) is 11.7. The van der Waals surface area contributed by atoms with Crippen LogP contribution in [0.4, 0.5) is 0 Å². The normalized spacial score (nSPS) is 22.1. The third-order valence-corrected chi connectivity index (χ3v) is 8.51. The van der Waals surface area contributed by atoms with Crippen LogP contribution in [0.5, 0.6) is 0 Å². The number of aliphatic hydroxyl groups is 1. The first-order valence-corrected chi connectivity index (χ1v) is 13.4. The minimum Gasteiger partial charge on any atom is -0.454 e. The van der Waals surface area contributed by atoms with E-state index in [4.69, 9.17) is 19.7 Å². The molecule has 1 fully saturated rings. The molecule has 4 rings (SSSR count). The van der Waals surface area contributed by atoms with Crippen molar-refractivity contribution in [3.05, 3.63) is 107 Å². The van der Waals surface area contributed by atoms with Crippen molar-refractivity contribution in [3.8, 4) is 0 Å². The number of benzene rings is 3. The molecule has 37 heavy (non-hydrogen) atoms. The lowest BCUT2D eigenvalue weighted by Crippen LogP contribution is -2.58. The van der Waals surface area contributed by atoms with Gasteiger partial charge in [-0.25, -0.2) is 4.79 Å². The van der Waals surface area contributed by atoms with Crippen molar-refractivity contribution in [3.63, 3.8) is 0 Å². The van der Waals surface area contributed by atoms with E-state index in [1.54, 1.807) is 24.3 Å². The molecule has 10 heteroatoms. The number of rotatable bonds is 10. The van der Waals surface area contributed by atoms with E-state index in [1.165, 1.54) is 30.6 Å². The molecule has 0 bridgehead atoms. The van der Waals surface area contributed by atoms with Crippen molar-refractivity contribution in [1.82, 2.24) is 0 Å². The molecule has 3 aromatic carbocycles. The van der Waals surface area contributed by atoms with Gasteiger partial charge >= 0.3 is 5.97 Å². The van der Waals surface area contributed by atoms with Gasteiger partial charge in [0, 0.05) is 21.8 Å². The van der Waals surface area contributed by atoms with Gasteiger partial charge < -0.3 is 19.3 Å². The lowest BCUT2D eigenvalue weighted by molar-refractivity contribution is -0.173. The zero-order chi connectivity index (χ0) is 26.0. The van der Waals surface area contributed by atoms with Crippen LogP contribution in [-0.4, -0.2) is 59.8 Å². The predicted molar refractivity (Wildman–Crippen MR) is 144 cm³/mol. The number of carbonyl (C=O) groups is 1. The summed E-state index contributed by atoms with van der Waals surface area (Å²) in [7, 11) is 1.47. The second kappa shape index (κ2) is 13.5. The van der Waals surface area contributed by atoms with Gasteiger partial charge in [0.05, 0.1) is 35.0 Å². The Bertz CT molecular complexity index is 1140. The summed E-state index contributed by atoms with van der Waals surface area (Å²) in [5.74, 6) is -0.539. The van der Waals surface area contributed by atoms with Gasteiger partial charge in [0.1, 0.15) is 6.10 Å². The standard InChI is InChI=1S/C27H27N3O5S2/c1-33-21-17-34-24(23(31)22(21)29-30-28)25(35-26(32)18-11-5-2-6-12-18)27(36-19-13-7-3-8-14-19)37-20-15-9-4-10-16-20/h2-16,21-25,27,31H,17H2,1H3/t21-,22-,23-,24-,25-/m1/s1. The Kier molecular flexibility index (Phi) is 9.90. The minimum atomic E-state index is -1.27. The van der Waals surface area contributed by atoms with E-state index >= 15 is 0 Å². The fourth-order valence-electron chi connectivity index (χ4n) is 3.98. The lowest BCUT2D eigenvalue weighted by Gasteiger charge is -2.42. The highest BCUT2D eigenvalue weighted by Gasteiger charge is 2.47. The number of methoxy groups -OCH3 is 1. The number of ether oxygens (including phenoxy) is 3. The SMILES string of the molecule is CO[C@@H]1CO[C@@H]([C@@H](OC(=O)c2ccccc2)C(Sc2ccccc2)Sc2ccccc2)[C@H](O)[C@@H]1N=[N+]=[N-]. The van der Waals surface area contributed by atoms with Crippen molar-refractivity contribution in [2.75, 3.05) is 13.7 Å². The minimum absolute atomic E-state index is 0.0695. The summed E-state index contributed by atoms with van der Waals surface area (Å²) in [6.45, 7) is 0.0695. The van der Waals surface area contributed by atoms with Crippen LogP contribution in [-0.2, 0) is 14.2 Å². The number of nitrogens with zero attached hydrogens (tertiary/aromatic N) is 3. The Morgan fingerprint density at radius 3 is 2.05 bits per heavy atom. The van der Waals surface area contributed by atoms with Crippen LogP contribution >= 0.6 is 23.5 Å². The maximum absolute atomic E-state index is 13.3. The van der Waals surface area contributed by atoms with Gasteiger partial charge in [0.25, 0.3) is 0 Å². The number of hydrogen-bond acceptors (Lipinski definition) is 8. The summed E-state index contributed by atoms with van der Waals surface area (Å²) in [5, 5.41) is 15.1. The molecule has 5 atom stereocenters. The van der Waals surface area contributed by atoms with E-state index < -0.39 is 41.0 Å². The molecule has 0 aliphatic carbocycles. The molecule has 0 radical (unpaired) electrons. The van der Waals surface area contributed by atoms with Crippen molar-refractivity contribution in [1.29, 1.82) is 0 Å². The van der Waals surface area contributed by atoms with Crippen LogP contribution in [0.25, 0.3) is 10.4 Å². The van der Waals surface area contributed by atoms with Crippen LogP contribution in [0.3, 0.4) is 0 Å². The molecule has 0 aromatic heterocycles. The fourth-order valence-corrected chi connectivity index (χ4v) is 6.70. The monoisotopic (exact) mass is 537 g/mol. The number of thioether (sulfide) groups is 2. The molecule has 8 nitrogen and oxygen atoms in total. The summed E-state index contributed by atoms with van der Waals surface area (Å²) < 4.78 is 17.1. The Labute approximate surface area is 224 Å². The van der Waals surface area contributed by atoms with E-state index in [-0.39, 0.29) is 6.61 Å². The van der Waals surface area contributed by atoms with Crippen LogP contribution in [0.2, 0.25) is 0 Å². The second-order valence-electron chi connectivity index (χ2n) is 8.22. The molecule has 0 spiro atoms. The summed E-state index contributed by atoms with van der Waals surface area (Å²) in [4.78, 5) is 18.1. The summed E-state index contributed by atoms with van der Waals surface area (Å²) in [5.41, 5.74) is 9.51. The van der Waals surface area contributed by atoms with E-state index in [0.29, 0.717) is 5.56 Å². The summed E-state index contributed by atoms with van der Waals surface area (Å²) >= 11 is 3.01. The quantitative estimate of drug-likeness (QED) is 0.0897. The van der Waals surface area contributed by atoms with E-state index in [2.05, 4.69) is 10.0 Å². The van der Waals surface area contributed by atoms with Gasteiger partial charge in [-0.2, -0.15) is 0 Å². The molecule has 3 aromatic rings. The molecule has 192 valence electrons. The number of carbonyl (C=O) groups excluding carboxylic acids is 1. The molecule has 1 heterocycles. The van der Waals surface area contributed by atoms with Crippen LogP contribution < -0.4 is 0 Å². The predicted octanol–water partition coefficient (Wildman–Crippen LogP) is 5.58.